The topological polar surface area (TPSA) is 88.7 Å². The first-order valence-electron chi connectivity index (χ1n) is 10.3. The number of unbranched alkanes of at least 4 members (excludes halogenated alkanes) is 2. The van der Waals surface area contributed by atoms with E-state index in [0.717, 1.165) is 24.8 Å². The summed E-state index contributed by atoms with van der Waals surface area (Å²) in [7, 11) is 0. The highest BCUT2D eigenvalue weighted by atomic mass is 16.7. The average molecular weight is 414 g/mol. The van der Waals surface area contributed by atoms with E-state index in [-0.39, 0.29) is 5.91 Å². The highest BCUT2D eigenvalue weighted by molar-refractivity contribution is 5.88. The van der Waals surface area contributed by atoms with E-state index in [1.807, 2.05) is 54.6 Å². The number of carbonyl (C=O) groups is 2. The van der Waals surface area contributed by atoms with Gasteiger partial charge in [-0.2, -0.15) is 0 Å². The number of benzene rings is 2. The van der Waals surface area contributed by atoms with Crippen molar-refractivity contribution in [3.63, 3.8) is 0 Å². The fourth-order valence-corrected chi connectivity index (χ4v) is 2.69. The molecule has 0 aliphatic heterocycles. The fourth-order valence-electron chi connectivity index (χ4n) is 2.69. The van der Waals surface area contributed by atoms with Crippen molar-refractivity contribution in [3.8, 4) is 0 Å². The first-order chi connectivity index (χ1) is 14.5. The average Bonchev–Trinajstić information content (AvgIpc) is 2.74. The first kappa shape index (κ1) is 23.4. The summed E-state index contributed by atoms with van der Waals surface area (Å²) in [6, 6.07) is 16.9. The minimum Gasteiger partial charge on any atom is -0.306 e. The van der Waals surface area contributed by atoms with Crippen LogP contribution in [-0.2, 0) is 21.1 Å². The van der Waals surface area contributed by atoms with Crippen LogP contribution in [0.2, 0.25) is 0 Å². The second-order valence-electron chi connectivity index (χ2n) is 7.29. The normalized spacial score (nSPS) is 10.6. The minimum atomic E-state index is -0.415. The van der Waals surface area contributed by atoms with Crippen LogP contribution in [-0.4, -0.2) is 18.5 Å². The zero-order valence-corrected chi connectivity index (χ0v) is 17.6. The van der Waals surface area contributed by atoms with Crippen LogP contribution in [0, 0.1) is 0 Å². The van der Waals surface area contributed by atoms with E-state index in [1.165, 1.54) is 5.56 Å². The number of hydroxylamine groups is 2. The van der Waals surface area contributed by atoms with Gasteiger partial charge in [0.25, 0.3) is 0 Å². The molecule has 7 heteroatoms. The van der Waals surface area contributed by atoms with Gasteiger partial charge in [-0.15, -0.1) is 0 Å². The van der Waals surface area contributed by atoms with E-state index < -0.39 is 6.03 Å². The molecule has 0 heterocycles. The Morgan fingerprint density at radius 1 is 0.867 bits per heavy atom. The number of hydrogen-bond donors (Lipinski definition) is 3. The molecule has 2 aromatic rings. The van der Waals surface area contributed by atoms with Gasteiger partial charge in [0.2, 0.25) is 5.91 Å². The monoisotopic (exact) mass is 413 g/mol. The number of hydrogen-bond acceptors (Lipinski definition) is 4. The Hall–Kier alpha value is -2.90. The minimum absolute atomic E-state index is 0.146. The van der Waals surface area contributed by atoms with Gasteiger partial charge in [-0.25, -0.2) is 15.8 Å². The van der Waals surface area contributed by atoms with Gasteiger partial charge in [0.1, 0.15) is 0 Å². The van der Waals surface area contributed by atoms with Crippen molar-refractivity contribution in [3.05, 3.63) is 65.7 Å². The molecule has 3 amide bonds. The van der Waals surface area contributed by atoms with Crippen molar-refractivity contribution in [1.29, 1.82) is 0 Å². The lowest BCUT2D eigenvalue weighted by Gasteiger charge is -2.10. The zero-order chi connectivity index (χ0) is 21.6. The highest BCUT2D eigenvalue weighted by Crippen LogP contribution is 2.16. The summed E-state index contributed by atoms with van der Waals surface area (Å²) in [5.74, 6) is 0.303. The third kappa shape index (κ3) is 9.54. The van der Waals surface area contributed by atoms with Crippen LogP contribution in [0.15, 0.2) is 54.6 Å². The van der Waals surface area contributed by atoms with E-state index in [0.29, 0.717) is 31.2 Å². The Morgan fingerprint density at radius 3 is 2.30 bits per heavy atom. The van der Waals surface area contributed by atoms with Crippen molar-refractivity contribution < 1.29 is 19.3 Å². The van der Waals surface area contributed by atoms with Gasteiger partial charge < -0.3 is 5.32 Å². The van der Waals surface area contributed by atoms with Gasteiger partial charge in [0.15, 0.2) is 0 Å². The van der Waals surface area contributed by atoms with Crippen LogP contribution in [0.25, 0.3) is 0 Å². The zero-order valence-electron chi connectivity index (χ0n) is 17.6. The maximum Gasteiger partial charge on any atom is 0.343 e. The SMILES string of the molecule is CC(C)c1ccc(NC(=O)NOCCCCCC(=O)NOCc2ccccc2)cc1. The highest BCUT2D eigenvalue weighted by Gasteiger charge is 2.04. The standard InChI is InChI=1S/C23H31N3O4/c1-18(2)20-12-14-21(15-13-20)24-23(28)26-29-16-8-4-7-11-22(27)25-30-17-19-9-5-3-6-10-19/h3,5-6,9-10,12-15,18H,4,7-8,11,16-17H2,1-2H3,(H,25,27)(H2,24,26,28). The van der Waals surface area contributed by atoms with Crippen molar-refractivity contribution in [2.45, 2.75) is 52.1 Å². The molecule has 0 aromatic heterocycles. The van der Waals surface area contributed by atoms with E-state index in [9.17, 15) is 9.59 Å². The summed E-state index contributed by atoms with van der Waals surface area (Å²) < 4.78 is 0. The Bertz CT molecular complexity index is 764. The summed E-state index contributed by atoms with van der Waals surface area (Å²) >= 11 is 0. The van der Waals surface area contributed by atoms with Gasteiger partial charge >= 0.3 is 6.03 Å². The predicted molar refractivity (Wildman–Crippen MR) is 116 cm³/mol. The van der Waals surface area contributed by atoms with Gasteiger partial charge in [-0.3, -0.25) is 14.5 Å². The van der Waals surface area contributed by atoms with Crippen LogP contribution >= 0.6 is 0 Å². The van der Waals surface area contributed by atoms with E-state index >= 15 is 0 Å². The molecule has 0 radical (unpaired) electrons. The third-order valence-corrected chi connectivity index (χ3v) is 4.42. The van der Waals surface area contributed by atoms with Crippen LogP contribution < -0.4 is 16.3 Å². The van der Waals surface area contributed by atoms with Crippen LogP contribution in [0.1, 0.15) is 56.6 Å². The molecule has 2 rings (SSSR count). The fraction of sp³-hybridized carbons (Fsp3) is 0.391. The summed E-state index contributed by atoms with van der Waals surface area (Å²) in [6.45, 7) is 4.96. The lowest BCUT2D eigenvalue weighted by atomic mass is 10.0. The largest absolute Gasteiger partial charge is 0.343 e. The molecule has 0 saturated carbocycles. The maximum absolute atomic E-state index is 11.8. The predicted octanol–water partition coefficient (Wildman–Crippen LogP) is 4.67. The molecule has 162 valence electrons. The number of carbonyl (C=O) groups excluding carboxylic acids is 2. The molecule has 0 fully saturated rings. The molecule has 0 unspecified atom stereocenters. The molecule has 0 aliphatic carbocycles. The quantitative estimate of drug-likeness (QED) is 0.348. The molecule has 7 nitrogen and oxygen atoms in total. The summed E-state index contributed by atoms with van der Waals surface area (Å²) in [4.78, 5) is 33.9. The molecule has 0 atom stereocenters. The smallest absolute Gasteiger partial charge is 0.306 e. The number of nitrogens with one attached hydrogen (secondary N) is 3. The lowest BCUT2D eigenvalue weighted by molar-refractivity contribution is -0.134. The molecule has 0 bridgehead atoms. The Balaban J connectivity index is 1.45. The molecule has 30 heavy (non-hydrogen) atoms. The van der Waals surface area contributed by atoms with Gasteiger partial charge in [0.05, 0.1) is 13.2 Å². The van der Waals surface area contributed by atoms with Crippen molar-refractivity contribution >= 4 is 17.6 Å². The number of amides is 3. The van der Waals surface area contributed by atoms with Crippen LogP contribution in [0.3, 0.4) is 0 Å². The Kier molecular flexibility index (Phi) is 10.4. The molecule has 3 N–H and O–H groups in total. The summed E-state index contributed by atoms with van der Waals surface area (Å²) in [5.41, 5.74) is 7.73. The molecule has 0 saturated heterocycles. The second kappa shape index (κ2) is 13.3. The Labute approximate surface area is 178 Å². The molecule has 0 spiro atoms. The van der Waals surface area contributed by atoms with Gasteiger partial charge in [-0.1, -0.05) is 62.7 Å². The summed E-state index contributed by atoms with van der Waals surface area (Å²) in [6.07, 6.45) is 2.65. The first-order valence-corrected chi connectivity index (χ1v) is 10.3. The van der Waals surface area contributed by atoms with E-state index in [2.05, 4.69) is 30.1 Å². The van der Waals surface area contributed by atoms with Crippen LogP contribution in [0.5, 0.6) is 0 Å². The van der Waals surface area contributed by atoms with Crippen molar-refractivity contribution in [2.75, 3.05) is 11.9 Å². The van der Waals surface area contributed by atoms with E-state index in [4.69, 9.17) is 9.68 Å². The molecule has 0 aliphatic rings. The van der Waals surface area contributed by atoms with E-state index in [1.54, 1.807) is 0 Å². The molecule has 2 aromatic carbocycles. The van der Waals surface area contributed by atoms with Crippen molar-refractivity contribution in [2.24, 2.45) is 0 Å². The number of rotatable bonds is 12. The number of urea groups is 1. The second-order valence-corrected chi connectivity index (χ2v) is 7.29. The third-order valence-electron chi connectivity index (χ3n) is 4.42. The summed E-state index contributed by atoms with van der Waals surface area (Å²) in [5, 5.41) is 2.71. The maximum atomic E-state index is 11.8. The van der Waals surface area contributed by atoms with Gasteiger partial charge in [-0.05, 0) is 42.0 Å². The van der Waals surface area contributed by atoms with Gasteiger partial charge in [0, 0.05) is 12.1 Å². The van der Waals surface area contributed by atoms with Crippen LogP contribution in [0.4, 0.5) is 10.5 Å². The molecular weight excluding hydrogens is 382 g/mol. The lowest BCUT2D eigenvalue weighted by Crippen LogP contribution is -2.29. The van der Waals surface area contributed by atoms with Crippen molar-refractivity contribution in [1.82, 2.24) is 11.0 Å². The Morgan fingerprint density at radius 2 is 1.60 bits per heavy atom. The number of anilines is 1. The molecular formula is C23H31N3O4.